The van der Waals surface area contributed by atoms with Crippen molar-refractivity contribution in [2.24, 2.45) is 0 Å². The van der Waals surface area contributed by atoms with Crippen molar-refractivity contribution in [3.8, 4) is 0 Å². The maximum Gasteiger partial charge on any atom is 0.252 e. The van der Waals surface area contributed by atoms with E-state index in [0.717, 1.165) is 0 Å². The van der Waals surface area contributed by atoms with Crippen LogP contribution in [0.25, 0.3) is 0 Å². The number of amides is 2. The highest BCUT2D eigenvalue weighted by atomic mass is 127. The predicted octanol–water partition coefficient (Wildman–Crippen LogP) is 3.45. The van der Waals surface area contributed by atoms with Crippen LogP contribution in [-0.2, 0) is 4.79 Å². The molecule has 0 unspecified atom stereocenters. The Morgan fingerprint density at radius 1 is 1.14 bits per heavy atom. The lowest BCUT2D eigenvalue weighted by molar-refractivity contribution is -0.115. The first-order valence-corrected chi connectivity index (χ1v) is 7.70. The van der Waals surface area contributed by atoms with Crippen LogP contribution in [-0.4, -0.2) is 18.4 Å². The summed E-state index contributed by atoms with van der Waals surface area (Å²) in [6, 6.07) is 10.4. The molecule has 0 radical (unpaired) electrons. The van der Waals surface area contributed by atoms with E-state index in [9.17, 15) is 14.0 Å². The Morgan fingerprint density at radius 3 is 2.45 bits per heavy atom. The van der Waals surface area contributed by atoms with Gasteiger partial charge in [-0.1, -0.05) is 11.6 Å². The lowest BCUT2D eigenvalue weighted by Gasteiger charge is -2.08. The molecule has 0 aromatic heterocycles. The molecule has 2 amide bonds. The molecule has 0 spiro atoms. The molecule has 0 aliphatic carbocycles. The number of hydrogen-bond acceptors (Lipinski definition) is 2. The zero-order valence-corrected chi connectivity index (χ0v) is 14.1. The molecule has 7 heteroatoms. The average Bonchev–Trinajstić information content (AvgIpc) is 2.47. The molecule has 2 rings (SSSR count). The van der Waals surface area contributed by atoms with E-state index < -0.39 is 11.7 Å². The van der Waals surface area contributed by atoms with Crippen LogP contribution in [0.15, 0.2) is 42.5 Å². The van der Waals surface area contributed by atoms with Gasteiger partial charge in [-0.3, -0.25) is 9.59 Å². The summed E-state index contributed by atoms with van der Waals surface area (Å²) in [5.74, 6) is -1.22. The summed E-state index contributed by atoms with van der Waals surface area (Å²) >= 11 is 7.61. The summed E-state index contributed by atoms with van der Waals surface area (Å²) in [5, 5.41) is 5.68. The summed E-state index contributed by atoms with van der Waals surface area (Å²) < 4.78 is 13.5. The Labute approximate surface area is 145 Å². The number of benzene rings is 2. The normalized spacial score (nSPS) is 10.1. The zero-order chi connectivity index (χ0) is 16.1. The van der Waals surface area contributed by atoms with Gasteiger partial charge in [-0.05, 0) is 65.1 Å². The Morgan fingerprint density at radius 2 is 1.82 bits per heavy atom. The topological polar surface area (TPSA) is 58.2 Å². The highest BCUT2D eigenvalue weighted by molar-refractivity contribution is 14.1. The second-order valence-corrected chi connectivity index (χ2v) is 5.96. The number of carbonyl (C=O) groups is 2. The fourth-order valence-corrected chi connectivity index (χ4v) is 2.52. The van der Waals surface area contributed by atoms with Gasteiger partial charge in [-0.25, -0.2) is 4.39 Å². The molecule has 0 bridgehead atoms. The van der Waals surface area contributed by atoms with Crippen molar-refractivity contribution in [1.29, 1.82) is 0 Å². The first kappa shape index (κ1) is 16.7. The minimum absolute atomic E-state index is 0.186. The van der Waals surface area contributed by atoms with Crippen LogP contribution in [0, 0.1) is 9.39 Å². The highest BCUT2D eigenvalue weighted by Gasteiger charge is 2.12. The molecule has 0 heterocycles. The van der Waals surface area contributed by atoms with E-state index in [0.29, 0.717) is 19.8 Å². The van der Waals surface area contributed by atoms with Crippen molar-refractivity contribution in [1.82, 2.24) is 5.32 Å². The van der Waals surface area contributed by atoms with Gasteiger partial charge in [0.15, 0.2) is 0 Å². The monoisotopic (exact) mass is 432 g/mol. The number of halogens is 3. The van der Waals surface area contributed by atoms with E-state index in [2.05, 4.69) is 10.6 Å². The van der Waals surface area contributed by atoms with Crippen molar-refractivity contribution < 1.29 is 14.0 Å². The molecule has 0 saturated carbocycles. The predicted molar refractivity (Wildman–Crippen MR) is 91.5 cm³/mol. The maximum atomic E-state index is 13.0. The van der Waals surface area contributed by atoms with Gasteiger partial charge in [0.2, 0.25) is 5.91 Å². The standard InChI is InChI=1S/C15H11ClFIN2O2/c16-9-1-4-11(5-2-9)20-14(21)8-19-15(22)12-6-3-10(17)7-13(12)18/h1-7H,8H2,(H,19,22)(H,20,21). The van der Waals surface area contributed by atoms with Crippen LogP contribution in [0.3, 0.4) is 0 Å². The first-order valence-electron chi connectivity index (χ1n) is 6.24. The molecule has 0 saturated heterocycles. The molecule has 114 valence electrons. The van der Waals surface area contributed by atoms with Crippen LogP contribution >= 0.6 is 34.2 Å². The van der Waals surface area contributed by atoms with Crippen molar-refractivity contribution in [2.75, 3.05) is 11.9 Å². The number of rotatable bonds is 4. The van der Waals surface area contributed by atoms with E-state index in [-0.39, 0.29) is 12.5 Å². The van der Waals surface area contributed by atoms with E-state index in [1.54, 1.807) is 24.3 Å². The van der Waals surface area contributed by atoms with Gasteiger partial charge in [-0.15, -0.1) is 0 Å². The Hall–Kier alpha value is -1.67. The molecular weight excluding hydrogens is 422 g/mol. The van der Waals surface area contributed by atoms with Gasteiger partial charge in [0, 0.05) is 14.3 Å². The van der Waals surface area contributed by atoms with E-state index >= 15 is 0 Å². The van der Waals surface area contributed by atoms with Gasteiger partial charge in [0.25, 0.3) is 5.91 Å². The SMILES string of the molecule is O=C(CNC(=O)c1ccc(F)cc1I)Nc1ccc(Cl)cc1. The smallest absolute Gasteiger partial charge is 0.252 e. The molecule has 0 atom stereocenters. The van der Waals surface area contributed by atoms with Crippen molar-refractivity contribution in [3.05, 3.63) is 62.4 Å². The van der Waals surface area contributed by atoms with Crippen LogP contribution < -0.4 is 10.6 Å². The summed E-state index contributed by atoms with van der Waals surface area (Å²) in [7, 11) is 0. The second-order valence-electron chi connectivity index (χ2n) is 4.36. The molecule has 22 heavy (non-hydrogen) atoms. The summed E-state index contributed by atoms with van der Waals surface area (Å²) in [6.45, 7) is -0.186. The van der Waals surface area contributed by atoms with Crippen molar-refractivity contribution in [2.45, 2.75) is 0 Å². The van der Waals surface area contributed by atoms with Gasteiger partial charge < -0.3 is 10.6 Å². The highest BCUT2D eigenvalue weighted by Crippen LogP contribution is 2.14. The Balaban J connectivity index is 1.90. The molecule has 0 fully saturated rings. The molecule has 4 nitrogen and oxygen atoms in total. The lowest BCUT2D eigenvalue weighted by Crippen LogP contribution is -2.33. The molecule has 2 aromatic rings. The van der Waals surface area contributed by atoms with Crippen LogP contribution in [0.1, 0.15) is 10.4 Å². The Bertz CT molecular complexity index is 707. The van der Waals surface area contributed by atoms with Gasteiger partial charge >= 0.3 is 0 Å². The summed E-state index contributed by atoms with van der Waals surface area (Å²) in [4.78, 5) is 23.7. The Kier molecular flexibility index (Phi) is 5.73. The van der Waals surface area contributed by atoms with Crippen LogP contribution in [0.5, 0.6) is 0 Å². The summed E-state index contributed by atoms with van der Waals surface area (Å²) in [5.41, 5.74) is 0.904. The van der Waals surface area contributed by atoms with Crippen molar-refractivity contribution >= 4 is 51.7 Å². The quantitative estimate of drug-likeness (QED) is 0.727. The minimum Gasteiger partial charge on any atom is -0.343 e. The number of carbonyl (C=O) groups excluding carboxylic acids is 2. The lowest BCUT2D eigenvalue weighted by atomic mass is 10.2. The van der Waals surface area contributed by atoms with Crippen LogP contribution in [0.4, 0.5) is 10.1 Å². The second kappa shape index (κ2) is 7.55. The van der Waals surface area contributed by atoms with Crippen LogP contribution in [0.2, 0.25) is 5.02 Å². The molecule has 2 aromatic carbocycles. The first-order chi connectivity index (χ1) is 10.5. The minimum atomic E-state index is -0.435. The fourth-order valence-electron chi connectivity index (χ4n) is 1.67. The molecule has 0 aliphatic heterocycles. The number of anilines is 1. The molecule has 0 aliphatic rings. The average molecular weight is 433 g/mol. The van der Waals surface area contributed by atoms with Gasteiger partial charge in [0.1, 0.15) is 5.82 Å². The van der Waals surface area contributed by atoms with Gasteiger partial charge in [0.05, 0.1) is 12.1 Å². The third-order valence-corrected chi connectivity index (χ3v) is 3.86. The zero-order valence-electron chi connectivity index (χ0n) is 11.2. The largest absolute Gasteiger partial charge is 0.343 e. The van der Waals surface area contributed by atoms with E-state index in [1.807, 2.05) is 22.6 Å². The molecular formula is C15H11ClFIN2O2. The third-order valence-electron chi connectivity index (χ3n) is 2.71. The van der Waals surface area contributed by atoms with Gasteiger partial charge in [-0.2, -0.15) is 0 Å². The fraction of sp³-hybridized carbons (Fsp3) is 0.0667. The summed E-state index contributed by atoms with van der Waals surface area (Å²) in [6.07, 6.45) is 0. The maximum absolute atomic E-state index is 13.0. The third kappa shape index (κ3) is 4.67. The van der Waals surface area contributed by atoms with E-state index in [1.165, 1.54) is 18.2 Å². The molecule has 2 N–H and O–H groups in total. The van der Waals surface area contributed by atoms with E-state index in [4.69, 9.17) is 11.6 Å². The number of hydrogen-bond donors (Lipinski definition) is 2. The number of nitrogens with one attached hydrogen (secondary N) is 2. The van der Waals surface area contributed by atoms with Crippen molar-refractivity contribution in [3.63, 3.8) is 0 Å².